The van der Waals surface area contributed by atoms with Gasteiger partial charge in [-0.15, -0.1) is 0 Å². The summed E-state index contributed by atoms with van der Waals surface area (Å²) in [7, 11) is 2.96. The normalized spacial score (nSPS) is 13.5. The number of methoxy groups -OCH3 is 2. The third-order valence-corrected chi connectivity index (χ3v) is 5.55. The largest absolute Gasteiger partial charge is 0.495 e. The second-order valence-corrected chi connectivity index (χ2v) is 7.99. The van der Waals surface area contributed by atoms with Gasteiger partial charge in [-0.3, -0.25) is 14.4 Å². The molecule has 0 heterocycles. The Balaban J connectivity index is 1.51. The minimum atomic E-state index is -0.405. The average molecular weight is 470 g/mol. The Bertz CT molecular complexity index is 1000. The molecule has 1 aliphatic carbocycles. The van der Waals surface area contributed by atoms with Gasteiger partial charge in [0.05, 0.1) is 26.5 Å². The Kier molecular flexibility index (Phi) is 9.13. The number of benzene rings is 2. The lowest BCUT2D eigenvalue weighted by atomic mass is 9.95. The summed E-state index contributed by atoms with van der Waals surface area (Å²) in [5.41, 5.74) is 0.846. The Morgan fingerprint density at radius 1 is 0.882 bits per heavy atom. The molecule has 0 bridgehead atoms. The molecule has 1 aliphatic rings. The van der Waals surface area contributed by atoms with Gasteiger partial charge in [0.2, 0.25) is 5.91 Å². The molecule has 0 unspecified atom stereocenters. The predicted octanol–water partition coefficient (Wildman–Crippen LogP) is 2.90. The van der Waals surface area contributed by atoms with E-state index < -0.39 is 5.91 Å². The lowest BCUT2D eigenvalue weighted by Gasteiger charge is -2.22. The van der Waals surface area contributed by atoms with Crippen LogP contribution in [0.15, 0.2) is 42.5 Å². The molecule has 1 fully saturated rings. The third kappa shape index (κ3) is 7.13. The van der Waals surface area contributed by atoms with Crippen LogP contribution in [0.3, 0.4) is 0 Å². The first-order valence-corrected chi connectivity index (χ1v) is 11.3. The summed E-state index contributed by atoms with van der Waals surface area (Å²) in [5, 5.41) is 8.31. The van der Waals surface area contributed by atoms with Crippen LogP contribution < -0.4 is 30.2 Å². The molecule has 9 nitrogen and oxygen atoms in total. The maximum Gasteiger partial charge on any atom is 0.262 e. The van der Waals surface area contributed by atoms with Crippen LogP contribution in [0.1, 0.15) is 42.5 Å². The molecule has 3 amide bonds. The maximum atomic E-state index is 12.5. The standard InChI is InChI=1S/C25H31N3O6/c1-32-20-11-7-6-10-19(20)28-24(30)16-34-21-13-12-17(14-22(21)33-2)25(31)26-15-23(29)27-18-8-4-3-5-9-18/h6-7,10-14,18H,3-5,8-9,15-16H2,1-2H3,(H,26,31)(H,27,29)(H,28,30). The molecule has 34 heavy (non-hydrogen) atoms. The van der Waals surface area contributed by atoms with Crippen molar-refractivity contribution in [1.29, 1.82) is 0 Å². The molecule has 0 aromatic heterocycles. The summed E-state index contributed by atoms with van der Waals surface area (Å²) >= 11 is 0. The highest BCUT2D eigenvalue weighted by atomic mass is 16.5. The van der Waals surface area contributed by atoms with Crippen LogP contribution in [0.4, 0.5) is 5.69 Å². The molecule has 0 aliphatic heterocycles. The zero-order chi connectivity index (χ0) is 24.3. The number of hydrogen-bond donors (Lipinski definition) is 3. The van der Waals surface area contributed by atoms with Crippen LogP contribution in [-0.4, -0.2) is 51.1 Å². The molecule has 3 rings (SSSR count). The number of para-hydroxylation sites is 2. The number of rotatable bonds is 10. The first kappa shape index (κ1) is 24.9. The van der Waals surface area contributed by atoms with Crippen molar-refractivity contribution in [1.82, 2.24) is 10.6 Å². The van der Waals surface area contributed by atoms with Crippen LogP contribution in [-0.2, 0) is 9.59 Å². The van der Waals surface area contributed by atoms with Gasteiger partial charge in [0.1, 0.15) is 5.75 Å². The van der Waals surface area contributed by atoms with Gasteiger partial charge >= 0.3 is 0 Å². The fraction of sp³-hybridized carbons (Fsp3) is 0.400. The van der Waals surface area contributed by atoms with E-state index in [1.54, 1.807) is 36.4 Å². The summed E-state index contributed by atoms with van der Waals surface area (Å²) < 4.78 is 16.1. The smallest absolute Gasteiger partial charge is 0.262 e. The minimum Gasteiger partial charge on any atom is -0.495 e. The molecule has 0 spiro atoms. The Morgan fingerprint density at radius 3 is 2.35 bits per heavy atom. The molecular formula is C25H31N3O6. The van der Waals surface area contributed by atoms with E-state index in [4.69, 9.17) is 14.2 Å². The molecule has 3 N–H and O–H groups in total. The monoisotopic (exact) mass is 469 g/mol. The predicted molar refractivity (Wildman–Crippen MR) is 127 cm³/mol. The Morgan fingerprint density at radius 2 is 1.62 bits per heavy atom. The zero-order valence-electron chi connectivity index (χ0n) is 19.5. The lowest BCUT2D eigenvalue weighted by molar-refractivity contribution is -0.121. The fourth-order valence-electron chi connectivity index (χ4n) is 3.79. The number of amides is 3. The molecule has 9 heteroatoms. The van der Waals surface area contributed by atoms with E-state index in [1.165, 1.54) is 26.7 Å². The molecule has 2 aromatic rings. The van der Waals surface area contributed by atoms with Crippen LogP contribution in [0.5, 0.6) is 17.2 Å². The van der Waals surface area contributed by atoms with E-state index in [0.717, 1.165) is 25.7 Å². The van der Waals surface area contributed by atoms with Crippen LogP contribution in [0.2, 0.25) is 0 Å². The quantitative estimate of drug-likeness (QED) is 0.493. The van der Waals surface area contributed by atoms with Crippen molar-refractivity contribution < 1.29 is 28.6 Å². The van der Waals surface area contributed by atoms with Gasteiger partial charge in [-0.2, -0.15) is 0 Å². The zero-order valence-corrected chi connectivity index (χ0v) is 19.5. The second kappa shape index (κ2) is 12.5. The van der Waals surface area contributed by atoms with Gasteiger partial charge in [0, 0.05) is 11.6 Å². The van der Waals surface area contributed by atoms with E-state index in [9.17, 15) is 14.4 Å². The molecule has 2 aromatic carbocycles. The summed E-state index contributed by atoms with van der Waals surface area (Å²) in [5.74, 6) is 0.160. The van der Waals surface area contributed by atoms with Crippen molar-refractivity contribution in [3.05, 3.63) is 48.0 Å². The third-order valence-electron chi connectivity index (χ3n) is 5.55. The topological polar surface area (TPSA) is 115 Å². The summed E-state index contributed by atoms with van der Waals surface area (Å²) in [6.07, 6.45) is 5.41. The van der Waals surface area contributed by atoms with Crippen molar-refractivity contribution in [2.24, 2.45) is 0 Å². The van der Waals surface area contributed by atoms with Crippen molar-refractivity contribution in [2.75, 3.05) is 32.7 Å². The SMILES string of the molecule is COc1ccccc1NC(=O)COc1ccc(C(=O)NCC(=O)NC2CCCCC2)cc1OC. The van der Waals surface area contributed by atoms with Gasteiger partial charge in [0.25, 0.3) is 11.8 Å². The van der Waals surface area contributed by atoms with Gasteiger partial charge in [0.15, 0.2) is 18.1 Å². The summed E-state index contributed by atoms with van der Waals surface area (Å²) in [6, 6.07) is 11.8. The van der Waals surface area contributed by atoms with Crippen molar-refractivity contribution >= 4 is 23.4 Å². The highest BCUT2D eigenvalue weighted by Gasteiger charge is 2.17. The molecule has 0 radical (unpaired) electrons. The number of ether oxygens (including phenoxy) is 3. The Hall–Kier alpha value is -3.75. The van der Waals surface area contributed by atoms with E-state index in [1.807, 2.05) is 0 Å². The summed E-state index contributed by atoms with van der Waals surface area (Å²) in [4.78, 5) is 36.9. The van der Waals surface area contributed by atoms with Crippen molar-refractivity contribution in [3.63, 3.8) is 0 Å². The number of anilines is 1. The fourth-order valence-corrected chi connectivity index (χ4v) is 3.79. The number of carbonyl (C=O) groups excluding carboxylic acids is 3. The highest BCUT2D eigenvalue weighted by Crippen LogP contribution is 2.28. The average Bonchev–Trinajstić information content (AvgIpc) is 2.86. The van der Waals surface area contributed by atoms with Gasteiger partial charge in [-0.05, 0) is 43.2 Å². The summed E-state index contributed by atoms with van der Waals surface area (Å²) in [6.45, 7) is -0.361. The van der Waals surface area contributed by atoms with Crippen molar-refractivity contribution in [3.8, 4) is 17.2 Å². The van der Waals surface area contributed by atoms with Crippen LogP contribution >= 0.6 is 0 Å². The van der Waals surface area contributed by atoms with Gasteiger partial charge in [-0.1, -0.05) is 31.4 Å². The molecule has 0 saturated heterocycles. The van der Waals surface area contributed by atoms with E-state index >= 15 is 0 Å². The molecular weight excluding hydrogens is 438 g/mol. The number of carbonyl (C=O) groups is 3. The molecule has 182 valence electrons. The first-order chi connectivity index (χ1) is 16.5. The van der Waals surface area contributed by atoms with Gasteiger partial charge in [-0.25, -0.2) is 0 Å². The molecule has 1 saturated carbocycles. The van der Waals surface area contributed by atoms with Crippen LogP contribution in [0.25, 0.3) is 0 Å². The Labute approximate surface area is 199 Å². The minimum absolute atomic E-state index is 0.0982. The highest BCUT2D eigenvalue weighted by molar-refractivity contribution is 5.97. The number of nitrogens with one attached hydrogen (secondary N) is 3. The van der Waals surface area contributed by atoms with Crippen LogP contribution in [0, 0.1) is 0 Å². The maximum absolute atomic E-state index is 12.5. The molecule has 0 atom stereocenters. The van der Waals surface area contributed by atoms with E-state index in [2.05, 4.69) is 16.0 Å². The lowest BCUT2D eigenvalue weighted by Crippen LogP contribution is -2.42. The number of hydrogen-bond acceptors (Lipinski definition) is 6. The second-order valence-electron chi connectivity index (χ2n) is 7.99. The van der Waals surface area contributed by atoms with E-state index in [-0.39, 0.29) is 31.0 Å². The van der Waals surface area contributed by atoms with E-state index in [0.29, 0.717) is 28.5 Å². The first-order valence-electron chi connectivity index (χ1n) is 11.3. The van der Waals surface area contributed by atoms with Crippen molar-refractivity contribution in [2.45, 2.75) is 38.1 Å². The van der Waals surface area contributed by atoms with Gasteiger partial charge < -0.3 is 30.2 Å².